The van der Waals surface area contributed by atoms with Gasteiger partial charge in [-0.05, 0) is 24.7 Å². The van der Waals surface area contributed by atoms with Crippen LogP contribution in [0.3, 0.4) is 0 Å². The zero-order chi connectivity index (χ0) is 11.0. The Morgan fingerprint density at radius 1 is 1.56 bits per heavy atom. The monoisotopic (exact) mass is 235 g/mol. The molecule has 1 N–H and O–H groups in total. The van der Waals surface area contributed by atoms with Gasteiger partial charge in [0.05, 0.1) is 0 Å². The normalized spacial score (nSPS) is 20.6. The van der Waals surface area contributed by atoms with Crippen molar-refractivity contribution < 1.29 is 0 Å². The lowest BCUT2D eigenvalue weighted by Gasteiger charge is -2.03. The molecule has 3 rings (SSSR count). The van der Waals surface area contributed by atoms with Crippen LogP contribution in [0.1, 0.15) is 18.7 Å². The molecule has 1 fully saturated rings. The quantitative estimate of drug-likeness (QED) is 0.857. The third kappa shape index (κ3) is 1.75. The van der Waals surface area contributed by atoms with Gasteiger partial charge in [-0.1, -0.05) is 6.07 Å². The minimum absolute atomic E-state index is 0.0460. The summed E-state index contributed by atoms with van der Waals surface area (Å²) in [4.78, 5) is 15.9. The van der Waals surface area contributed by atoms with Gasteiger partial charge < -0.3 is 0 Å². The van der Waals surface area contributed by atoms with E-state index in [0.29, 0.717) is 10.9 Å². The highest BCUT2D eigenvalue weighted by Gasteiger charge is 2.17. The Hall–Kier alpha value is -1.23. The third-order valence-electron chi connectivity index (χ3n) is 2.87. The first-order chi connectivity index (χ1) is 7.83. The number of hydrogen-bond donors (Lipinski definition) is 1. The molecule has 5 heteroatoms. The maximum absolute atomic E-state index is 11.5. The van der Waals surface area contributed by atoms with Crippen molar-refractivity contribution in [2.24, 2.45) is 0 Å². The molecular formula is C11H13N3OS. The Labute approximate surface area is 97.1 Å². The average molecular weight is 235 g/mol. The van der Waals surface area contributed by atoms with Crippen molar-refractivity contribution in [3.8, 4) is 0 Å². The zero-order valence-electron chi connectivity index (χ0n) is 8.85. The molecule has 0 amide bonds. The first kappa shape index (κ1) is 9.96. The molecule has 4 nitrogen and oxygen atoms in total. The van der Waals surface area contributed by atoms with Gasteiger partial charge in [0.1, 0.15) is 5.82 Å². The Morgan fingerprint density at radius 3 is 3.25 bits per heavy atom. The van der Waals surface area contributed by atoms with Crippen LogP contribution >= 0.6 is 11.8 Å². The summed E-state index contributed by atoms with van der Waals surface area (Å²) >= 11 is 2.00. The third-order valence-corrected chi connectivity index (χ3v) is 4.27. The van der Waals surface area contributed by atoms with Crippen molar-refractivity contribution in [3.05, 3.63) is 34.4 Å². The molecular weight excluding hydrogens is 222 g/mol. The van der Waals surface area contributed by atoms with Gasteiger partial charge in [0.15, 0.2) is 5.65 Å². The summed E-state index contributed by atoms with van der Waals surface area (Å²) in [6.45, 7) is 0. The Morgan fingerprint density at radius 2 is 2.50 bits per heavy atom. The van der Waals surface area contributed by atoms with E-state index in [4.69, 9.17) is 0 Å². The second kappa shape index (κ2) is 3.97. The van der Waals surface area contributed by atoms with E-state index in [1.165, 1.54) is 23.1 Å². The summed E-state index contributed by atoms with van der Waals surface area (Å²) in [7, 11) is 0. The summed E-state index contributed by atoms with van der Waals surface area (Å²) < 4.78 is 1.51. The average Bonchev–Trinajstić information content (AvgIpc) is 2.88. The Balaban J connectivity index is 1.93. The molecule has 1 saturated heterocycles. The van der Waals surface area contributed by atoms with Crippen molar-refractivity contribution in [2.75, 3.05) is 5.75 Å². The number of aromatic nitrogens is 3. The van der Waals surface area contributed by atoms with Gasteiger partial charge in [-0.25, -0.2) is 9.50 Å². The van der Waals surface area contributed by atoms with E-state index in [-0.39, 0.29) is 5.56 Å². The van der Waals surface area contributed by atoms with Gasteiger partial charge in [0, 0.05) is 17.7 Å². The zero-order valence-corrected chi connectivity index (χ0v) is 9.67. The van der Waals surface area contributed by atoms with Crippen LogP contribution in [-0.2, 0) is 6.42 Å². The predicted octanol–water partition coefficient (Wildman–Crippen LogP) is 1.46. The van der Waals surface area contributed by atoms with Gasteiger partial charge >= 0.3 is 0 Å². The minimum atomic E-state index is -0.0460. The van der Waals surface area contributed by atoms with Crippen LogP contribution in [-0.4, -0.2) is 25.6 Å². The second-order valence-corrected chi connectivity index (χ2v) is 5.48. The molecule has 2 aromatic heterocycles. The van der Waals surface area contributed by atoms with Crippen molar-refractivity contribution in [3.63, 3.8) is 0 Å². The van der Waals surface area contributed by atoms with E-state index in [9.17, 15) is 4.79 Å². The van der Waals surface area contributed by atoms with Crippen LogP contribution in [0.2, 0.25) is 0 Å². The molecule has 0 bridgehead atoms. The molecule has 0 spiro atoms. The molecule has 16 heavy (non-hydrogen) atoms. The lowest BCUT2D eigenvalue weighted by atomic mass is 10.2. The van der Waals surface area contributed by atoms with Gasteiger partial charge in [-0.15, -0.1) is 0 Å². The van der Waals surface area contributed by atoms with Crippen molar-refractivity contribution >= 4 is 17.4 Å². The fourth-order valence-electron chi connectivity index (χ4n) is 2.08. The smallest absolute Gasteiger partial charge is 0.271 e. The van der Waals surface area contributed by atoms with Gasteiger partial charge in [-0.3, -0.25) is 9.89 Å². The van der Waals surface area contributed by atoms with E-state index in [1.54, 1.807) is 12.1 Å². The lowest BCUT2D eigenvalue weighted by Crippen LogP contribution is -2.12. The number of hydrogen-bond acceptors (Lipinski definition) is 3. The summed E-state index contributed by atoms with van der Waals surface area (Å²) in [5.74, 6) is 2.17. The number of thioether (sulfide) groups is 1. The van der Waals surface area contributed by atoms with Crippen LogP contribution < -0.4 is 5.56 Å². The van der Waals surface area contributed by atoms with E-state index >= 15 is 0 Å². The Bertz CT molecular complexity index is 554. The summed E-state index contributed by atoms with van der Waals surface area (Å²) in [6, 6.07) is 5.13. The topological polar surface area (TPSA) is 50.2 Å². The molecule has 1 aliphatic rings. The first-order valence-corrected chi connectivity index (χ1v) is 6.56. The highest BCUT2D eigenvalue weighted by molar-refractivity contribution is 8.00. The van der Waals surface area contributed by atoms with Crippen LogP contribution in [0, 0.1) is 0 Å². The van der Waals surface area contributed by atoms with Crippen LogP contribution in [0.4, 0.5) is 0 Å². The SMILES string of the molecule is O=c1cccc2nc(CC3CCCS3)[nH]n12. The first-order valence-electron chi connectivity index (χ1n) is 5.51. The number of H-pyrrole nitrogens is 1. The fourth-order valence-corrected chi connectivity index (χ4v) is 3.36. The standard InChI is InChI=1S/C11H13N3OS/c15-11-5-1-4-10-12-9(13-14(10)11)7-8-3-2-6-16-8/h1,4-5,8H,2-3,6-7H2,(H,12,13). The van der Waals surface area contributed by atoms with Gasteiger partial charge in [0.2, 0.25) is 0 Å². The van der Waals surface area contributed by atoms with Crippen LogP contribution in [0.15, 0.2) is 23.0 Å². The van der Waals surface area contributed by atoms with E-state index in [1.807, 2.05) is 17.8 Å². The second-order valence-electron chi connectivity index (χ2n) is 4.07. The number of nitrogens with one attached hydrogen (secondary N) is 1. The molecule has 2 aromatic rings. The molecule has 1 aliphatic heterocycles. The predicted molar refractivity (Wildman–Crippen MR) is 65.0 cm³/mol. The number of fused-ring (bicyclic) bond motifs is 1. The minimum Gasteiger partial charge on any atom is -0.276 e. The highest BCUT2D eigenvalue weighted by Crippen LogP contribution is 2.28. The fraction of sp³-hybridized carbons (Fsp3) is 0.455. The largest absolute Gasteiger partial charge is 0.276 e. The molecule has 1 unspecified atom stereocenters. The van der Waals surface area contributed by atoms with E-state index < -0.39 is 0 Å². The van der Waals surface area contributed by atoms with E-state index in [0.717, 1.165) is 12.2 Å². The summed E-state index contributed by atoms with van der Waals surface area (Å²) in [6.07, 6.45) is 3.50. The van der Waals surface area contributed by atoms with E-state index in [2.05, 4.69) is 10.1 Å². The van der Waals surface area contributed by atoms with Crippen molar-refractivity contribution in [2.45, 2.75) is 24.5 Å². The maximum atomic E-state index is 11.5. The van der Waals surface area contributed by atoms with Crippen molar-refractivity contribution in [1.82, 2.24) is 14.6 Å². The van der Waals surface area contributed by atoms with Crippen LogP contribution in [0.5, 0.6) is 0 Å². The molecule has 1 atom stereocenters. The van der Waals surface area contributed by atoms with Crippen LogP contribution in [0.25, 0.3) is 5.65 Å². The van der Waals surface area contributed by atoms with Gasteiger partial charge in [0.25, 0.3) is 5.56 Å². The van der Waals surface area contributed by atoms with Crippen molar-refractivity contribution in [1.29, 1.82) is 0 Å². The molecule has 0 aliphatic carbocycles. The summed E-state index contributed by atoms with van der Waals surface area (Å²) in [5, 5.41) is 3.73. The molecule has 0 radical (unpaired) electrons. The molecule has 84 valence electrons. The lowest BCUT2D eigenvalue weighted by molar-refractivity contribution is 0.739. The highest BCUT2D eigenvalue weighted by atomic mass is 32.2. The maximum Gasteiger partial charge on any atom is 0.271 e. The number of aromatic amines is 1. The number of rotatable bonds is 2. The molecule has 0 aromatic carbocycles. The molecule has 0 saturated carbocycles. The Kier molecular flexibility index (Phi) is 2.47. The number of nitrogens with zero attached hydrogens (tertiary/aromatic N) is 2. The number of pyridine rings is 1. The summed E-state index contributed by atoms with van der Waals surface area (Å²) in [5.41, 5.74) is 0.667. The molecule has 3 heterocycles. The van der Waals surface area contributed by atoms with Gasteiger partial charge in [-0.2, -0.15) is 11.8 Å².